The van der Waals surface area contributed by atoms with Gasteiger partial charge >= 0.3 is 0 Å². The molecule has 0 bridgehead atoms. The maximum atomic E-state index is 11.1. The summed E-state index contributed by atoms with van der Waals surface area (Å²) >= 11 is 0. The number of benzene rings is 1. The minimum atomic E-state index is -0.00901. The van der Waals surface area contributed by atoms with E-state index in [1.165, 1.54) is 0 Å². The number of carbonyl (C=O) groups excluding carboxylic acids is 1. The fraction of sp³-hybridized carbons (Fsp3) is 0.500. The summed E-state index contributed by atoms with van der Waals surface area (Å²) in [6.45, 7) is 7.64. The number of methoxy groups -OCH3 is 1. The largest absolute Gasteiger partial charge is 0.493 e. The molecule has 0 aliphatic rings. The number of hydrogen-bond donors (Lipinski definition) is 0. The molecule has 0 saturated carbocycles. The van der Waals surface area contributed by atoms with Crippen molar-refractivity contribution in [2.75, 3.05) is 7.11 Å². The van der Waals surface area contributed by atoms with Gasteiger partial charge in [0.15, 0.2) is 17.8 Å². The minimum Gasteiger partial charge on any atom is -0.493 e. The van der Waals surface area contributed by atoms with Crippen LogP contribution in [-0.4, -0.2) is 25.6 Å². The van der Waals surface area contributed by atoms with Crippen LogP contribution in [0.15, 0.2) is 12.1 Å². The zero-order valence-electron chi connectivity index (χ0n) is 11.5. The van der Waals surface area contributed by atoms with Crippen molar-refractivity contribution in [2.24, 2.45) is 0 Å². The Morgan fingerprint density at radius 1 is 0.944 bits per heavy atom. The van der Waals surface area contributed by atoms with E-state index in [4.69, 9.17) is 14.2 Å². The summed E-state index contributed by atoms with van der Waals surface area (Å²) in [7, 11) is 1.56. The van der Waals surface area contributed by atoms with Gasteiger partial charge in [0.1, 0.15) is 5.75 Å². The van der Waals surface area contributed by atoms with Crippen LogP contribution in [0.25, 0.3) is 0 Å². The number of rotatable bonds is 6. The lowest BCUT2D eigenvalue weighted by Gasteiger charge is -2.17. The lowest BCUT2D eigenvalue weighted by Crippen LogP contribution is -2.10. The first-order chi connectivity index (χ1) is 8.47. The van der Waals surface area contributed by atoms with Crippen molar-refractivity contribution in [1.29, 1.82) is 0 Å². The molecule has 0 spiro atoms. The van der Waals surface area contributed by atoms with Crippen LogP contribution >= 0.6 is 0 Å². The van der Waals surface area contributed by atoms with Gasteiger partial charge in [-0.3, -0.25) is 4.79 Å². The molecule has 0 saturated heterocycles. The van der Waals surface area contributed by atoms with Gasteiger partial charge in [-0.15, -0.1) is 0 Å². The Kier molecular flexibility index (Phi) is 5.01. The molecule has 0 heterocycles. The Morgan fingerprint density at radius 2 is 1.50 bits per heavy atom. The van der Waals surface area contributed by atoms with Crippen molar-refractivity contribution in [3.63, 3.8) is 0 Å². The molecule has 4 nitrogen and oxygen atoms in total. The van der Waals surface area contributed by atoms with Crippen molar-refractivity contribution in [3.05, 3.63) is 17.7 Å². The highest BCUT2D eigenvalue weighted by molar-refractivity contribution is 5.81. The molecule has 1 rings (SSSR count). The van der Waals surface area contributed by atoms with E-state index >= 15 is 0 Å². The molecule has 0 radical (unpaired) electrons. The standard InChI is InChI=1S/C14H20O4/c1-9(2)17-12-7-13(16-5)14(18-10(3)4)6-11(12)8-15/h6-10H,1-5H3. The first-order valence-electron chi connectivity index (χ1n) is 5.98. The summed E-state index contributed by atoms with van der Waals surface area (Å²) < 4.78 is 16.4. The van der Waals surface area contributed by atoms with Crippen molar-refractivity contribution < 1.29 is 19.0 Å². The predicted octanol–water partition coefficient (Wildman–Crippen LogP) is 3.08. The molecule has 1 aromatic carbocycles. The van der Waals surface area contributed by atoms with Crippen molar-refractivity contribution >= 4 is 6.29 Å². The van der Waals surface area contributed by atoms with Crippen LogP contribution in [0.2, 0.25) is 0 Å². The van der Waals surface area contributed by atoms with E-state index in [2.05, 4.69) is 0 Å². The third-order valence-corrected chi connectivity index (χ3v) is 2.15. The van der Waals surface area contributed by atoms with Crippen LogP contribution in [0.4, 0.5) is 0 Å². The monoisotopic (exact) mass is 252 g/mol. The summed E-state index contributed by atoms with van der Waals surface area (Å²) in [6, 6.07) is 3.32. The zero-order chi connectivity index (χ0) is 13.7. The Labute approximate surface area is 108 Å². The molecular weight excluding hydrogens is 232 g/mol. The Balaban J connectivity index is 3.18. The van der Waals surface area contributed by atoms with Gasteiger partial charge in [0.05, 0.1) is 24.9 Å². The van der Waals surface area contributed by atoms with Gasteiger partial charge in [0, 0.05) is 6.07 Å². The molecule has 1 aromatic rings. The number of ether oxygens (including phenoxy) is 3. The normalized spacial score (nSPS) is 10.6. The molecule has 0 aliphatic carbocycles. The highest BCUT2D eigenvalue weighted by Crippen LogP contribution is 2.35. The summed E-state index contributed by atoms with van der Waals surface area (Å²) in [5.74, 6) is 1.61. The van der Waals surface area contributed by atoms with E-state index in [9.17, 15) is 4.79 Å². The highest BCUT2D eigenvalue weighted by atomic mass is 16.5. The third-order valence-electron chi connectivity index (χ3n) is 2.15. The van der Waals surface area contributed by atoms with Gasteiger partial charge in [-0.05, 0) is 33.8 Å². The van der Waals surface area contributed by atoms with Crippen LogP contribution in [0, 0.1) is 0 Å². The van der Waals surface area contributed by atoms with Crippen molar-refractivity contribution in [1.82, 2.24) is 0 Å². The van der Waals surface area contributed by atoms with Crippen LogP contribution < -0.4 is 14.2 Å². The average molecular weight is 252 g/mol. The molecule has 0 aromatic heterocycles. The first kappa shape index (κ1) is 14.4. The van der Waals surface area contributed by atoms with E-state index in [-0.39, 0.29) is 12.2 Å². The fourth-order valence-electron chi connectivity index (χ4n) is 1.51. The Hall–Kier alpha value is -1.71. The van der Waals surface area contributed by atoms with Crippen molar-refractivity contribution in [2.45, 2.75) is 39.9 Å². The van der Waals surface area contributed by atoms with Crippen molar-refractivity contribution in [3.8, 4) is 17.2 Å². The number of carbonyl (C=O) groups is 1. The molecule has 0 aliphatic heterocycles. The molecule has 18 heavy (non-hydrogen) atoms. The molecular formula is C14H20O4. The zero-order valence-corrected chi connectivity index (χ0v) is 11.5. The second-order valence-electron chi connectivity index (χ2n) is 4.49. The smallest absolute Gasteiger partial charge is 0.164 e. The second kappa shape index (κ2) is 6.28. The molecule has 0 unspecified atom stereocenters. The second-order valence-corrected chi connectivity index (χ2v) is 4.49. The number of aldehydes is 1. The topological polar surface area (TPSA) is 44.8 Å². The molecule has 0 fully saturated rings. The van der Waals surface area contributed by atoms with E-state index in [0.29, 0.717) is 22.8 Å². The summed E-state index contributed by atoms with van der Waals surface area (Å²) in [5.41, 5.74) is 0.458. The van der Waals surface area contributed by atoms with E-state index in [1.54, 1.807) is 19.2 Å². The van der Waals surface area contributed by atoms with Gasteiger partial charge < -0.3 is 14.2 Å². The highest BCUT2D eigenvalue weighted by Gasteiger charge is 2.14. The van der Waals surface area contributed by atoms with Crippen LogP contribution in [0.1, 0.15) is 38.1 Å². The van der Waals surface area contributed by atoms with Gasteiger partial charge in [0.25, 0.3) is 0 Å². The van der Waals surface area contributed by atoms with Gasteiger partial charge in [-0.25, -0.2) is 0 Å². The first-order valence-corrected chi connectivity index (χ1v) is 5.98. The van der Waals surface area contributed by atoms with Crippen LogP contribution in [-0.2, 0) is 0 Å². The van der Waals surface area contributed by atoms with Crippen LogP contribution in [0.5, 0.6) is 17.2 Å². The quantitative estimate of drug-likeness (QED) is 0.730. The Bertz CT molecular complexity index is 411. The van der Waals surface area contributed by atoms with Gasteiger partial charge in [-0.1, -0.05) is 0 Å². The maximum absolute atomic E-state index is 11.1. The maximum Gasteiger partial charge on any atom is 0.164 e. The van der Waals surface area contributed by atoms with Gasteiger partial charge in [0.2, 0.25) is 0 Å². The Morgan fingerprint density at radius 3 is 1.94 bits per heavy atom. The summed E-state index contributed by atoms with van der Waals surface area (Å²) in [4.78, 5) is 11.1. The lowest BCUT2D eigenvalue weighted by molar-refractivity contribution is 0.111. The SMILES string of the molecule is COc1cc(OC(C)C)c(C=O)cc1OC(C)C. The van der Waals surface area contributed by atoms with Gasteiger partial charge in [-0.2, -0.15) is 0 Å². The molecule has 4 heteroatoms. The van der Waals surface area contributed by atoms with E-state index < -0.39 is 0 Å². The predicted molar refractivity (Wildman–Crippen MR) is 69.9 cm³/mol. The molecule has 100 valence electrons. The fourth-order valence-corrected chi connectivity index (χ4v) is 1.51. The summed E-state index contributed by atoms with van der Waals surface area (Å²) in [5, 5.41) is 0. The minimum absolute atomic E-state index is 0.00901. The number of hydrogen-bond acceptors (Lipinski definition) is 4. The van der Waals surface area contributed by atoms with Crippen LogP contribution in [0.3, 0.4) is 0 Å². The summed E-state index contributed by atoms with van der Waals surface area (Å²) in [6.07, 6.45) is 0.755. The molecule has 0 atom stereocenters. The van der Waals surface area contributed by atoms with E-state index in [1.807, 2.05) is 27.7 Å². The lowest BCUT2D eigenvalue weighted by atomic mass is 10.2. The molecule has 0 N–H and O–H groups in total. The molecule has 0 amide bonds. The van der Waals surface area contributed by atoms with E-state index in [0.717, 1.165) is 6.29 Å². The third kappa shape index (κ3) is 3.65. The average Bonchev–Trinajstić information content (AvgIpc) is 2.29.